The zero-order valence-electron chi connectivity index (χ0n) is 48.3. The lowest BCUT2D eigenvalue weighted by atomic mass is 10.0. The molecule has 418 valence electrons. The number of hydrogen-bond donors (Lipinski definition) is 3. The SMILES string of the molecule is CCCCCCCCCC/C=C\CCCCCCCCCCCCCCCCCCCCCCCCCCCCCC(=O)NC(CO)C(O)/C=C/CC/C=C/CC/C=C/CCCCCCCCCCCC. The number of nitrogens with one attached hydrogen (secondary N) is 1. The first kappa shape index (κ1) is 69.3. The van der Waals surface area contributed by atoms with E-state index in [1.165, 1.54) is 295 Å². The maximum atomic E-state index is 12.5. The highest BCUT2D eigenvalue weighted by atomic mass is 16.3. The van der Waals surface area contributed by atoms with Gasteiger partial charge in [0, 0.05) is 6.42 Å². The van der Waals surface area contributed by atoms with E-state index in [9.17, 15) is 15.0 Å². The van der Waals surface area contributed by atoms with Crippen molar-refractivity contribution in [2.75, 3.05) is 6.61 Å². The van der Waals surface area contributed by atoms with E-state index in [4.69, 9.17) is 0 Å². The summed E-state index contributed by atoms with van der Waals surface area (Å²) >= 11 is 0. The summed E-state index contributed by atoms with van der Waals surface area (Å²) in [7, 11) is 0. The Labute approximate surface area is 445 Å². The van der Waals surface area contributed by atoms with E-state index < -0.39 is 12.1 Å². The second kappa shape index (κ2) is 62.6. The lowest BCUT2D eigenvalue weighted by Gasteiger charge is -2.19. The normalized spacial score (nSPS) is 13.0. The number of allylic oxidation sites excluding steroid dienone is 7. The molecule has 0 aromatic heterocycles. The molecule has 0 aliphatic carbocycles. The molecule has 0 saturated carbocycles. The number of hydrogen-bond acceptors (Lipinski definition) is 3. The van der Waals surface area contributed by atoms with E-state index in [1.54, 1.807) is 6.08 Å². The summed E-state index contributed by atoms with van der Waals surface area (Å²) in [5.74, 6) is -0.0718. The molecular formula is C67H127NO3. The minimum atomic E-state index is -0.870. The zero-order chi connectivity index (χ0) is 51.3. The minimum absolute atomic E-state index is 0.0718. The van der Waals surface area contributed by atoms with Gasteiger partial charge in [-0.25, -0.2) is 0 Å². The average Bonchev–Trinajstić information content (AvgIpc) is 3.37. The van der Waals surface area contributed by atoms with E-state index in [0.717, 1.165) is 38.5 Å². The summed E-state index contributed by atoms with van der Waals surface area (Å²) in [6.45, 7) is 4.32. The third-order valence-electron chi connectivity index (χ3n) is 15.0. The van der Waals surface area contributed by atoms with Crippen LogP contribution in [-0.4, -0.2) is 34.9 Å². The summed E-state index contributed by atoms with van der Waals surface area (Å²) in [5, 5.41) is 23.2. The molecular weight excluding hydrogens is 867 g/mol. The van der Waals surface area contributed by atoms with E-state index in [2.05, 4.69) is 55.6 Å². The molecule has 2 unspecified atom stereocenters. The lowest BCUT2D eigenvalue weighted by molar-refractivity contribution is -0.123. The van der Waals surface area contributed by atoms with Crippen molar-refractivity contribution < 1.29 is 15.0 Å². The van der Waals surface area contributed by atoms with Crippen LogP contribution < -0.4 is 5.32 Å². The Balaban J connectivity index is 3.43. The highest BCUT2D eigenvalue weighted by molar-refractivity contribution is 5.76. The van der Waals surface area contributed by atoms with Gasteiger partial charge in [0.15, 0.2) is 0 Å². The fraction of sp³-hybridized carbons (Fsp3) is 0.866. The van der Waals surface area contributed by atoms with E-state index >= 15 is 0 Å². The molecule has 0 aromatic carbocycles. The minimum Gasteiger partial charge on any atom is -0.394 e. The number of aliphatic hydroxyl groups is 2. The molecule has 0 radical (unpaired) electrons. The molecule has 0 spiro atoms. The molecule has 0 fully saturated rings. The van der Waals surface area contributed by atoms with Gasteiger partial charge in [-0.2, -0.15) is 0 Å². The van der Waals surface area contributed by atoms with Gasteiger partial charge in [-0.1, -0.05) is 326 Å². The van der Waals surface area contributed by atoms with Crippen molar-refractivity contribution >= 4 is 5.91 Å². The molecule has 0 aromatic rings. The summed E-state index contributed by atoms with van der Waals surface area (Å²) in [6, 6.07) is -0.645. The number of carbonyl (C=O) groups excluding carboxylic acids is 1. The molecule has 2 atom stereocenters. The number of rotatable bonds is 60. The van der Waals surface area contributed by atoms with Crippen LogP contribution in [0.25, 0.3) is 0 Å². The molecule has 4 nitrogen and oxygen atoms in total. The van der Waals surface area contributed by atoms with Gasteiger partial charge in [0.2, 0.25) is 5.91 Å². The fourth-order valence-corrected chi connectivity index (χ4v) is 10.1. The first-order chi connectivity index (χ1) is 35.2. The third kappa shape index (κ3) is 59.1. The van der Waals surface area contributed by atoms with Crippen molar-refractivity contribution in [3.8, 4) is 0 Å². The second-order valence-electron chi connectivity index (χ2n) is 22.2. The summed E-state index contributed by atoms with van der Waals surface area (Å²) in [4.78, 5) is 12.5. The van der Waals surface area contributed by atoms with E-state index in [0.29, 0.717) is 6.42 Å². The maximum absolute atomic E-state index is 12.5. The molecule has 4 heteroatoms. The Morgan fingerprint density at radius 2 is 0.549 bits per heavy atom. The van der Waals surface area contributed by atoms with Gasteiger partial charge in [-0.15, -0.1) is 0 Å². The number of amides is 1. The molecule has 1 amide bonds. The van der Waals surface area contributed by atoms with Crippen LogP contribution >= 0.6 is 0 Å². The van der Waals surface area contributed by atoms with Crippen LogP contribution in [0, 0.1) is 0 Å². The molecule has 0 saturated heterocycles. The topological polar surface area (TPSA) is 69.6 Å². The van der Waals surface area contributed by atoms with Crippen molar-refractivity contribution in [3.63, 3.8) is 0 Å². The zero-order valence-corrected chi connectivity index (χ0v) is 48.3. The Kier molecular flexibility index (Phi) is 61.2. The number of unbranched alkanes of at least 4 members (excludes halogenated alkanes) is 47. The predicted molar refractivity (Wildman–Crippen MR) is 318 cm³/mol. The quantitative estimate of drug-likeness (QED) is 0.0420. The van der Waals surface area contributed by atoms with Crippen LogP contribution in [0.15, 0.2) is 48.6 Å². The first-order valence-corrected chi connectivity index (χ1v) is 32.4. The summed E-state index contributed by atoms with van der Waals surface area (Å²) in [5.41, 5.74) is 0. The summed E-state index contributed by atoms with van der Waals surface area (Å²) in [6.07, 6.45) is 87.6. The average molecular weight is 995 g/mol. The van der Waals surface area contributed by atoms with E-state index in [1.807, 2.05) is 6.08 Å². The molecule has 71 heavy (non-hydrogen) atoms. The van der Waals surface area contributed by atoms with Gasteiger partial charge in [0.25, 0.3) is 0 Å². The van der Waals surface area contributed by atoms with E-state index in [-0.39, 0.29) is 12.5 Å². The largest absolute Gasteiger partial charge is 0.394 e. The van der Waals surface area contributed by atoms with Crippen LogP contribution in [0.5, 0.6) is 0 Å². The molecule has 0 heterocycles. The van der Waals surface area contributed by atoms with Crippen LogP contribution in [0.3, 0.4) is 0 Å². The summed E-state index contributed by atoms with van der Waals surface area (Å²) < 4.78 is 0. The lowest BCUT2D eigenvalue weighted by Crippen LogP contribution is -2.45. The highest BCUT2D eigenvalue weighted by Crippen LogP contribution is 2.18. The Morgan fingerprint density at radius 1 is 0.324 bits per heavy atom. The number of carbonyl (C=O) groups is 1. The smallest absolute Gasteiger partial charge is 0.220 e. The van der Waals surface area contributed by atoms with Crippen LogP contribution in [0.4, 0.5) is 0 Å². The second-order valence-corrected chi connectivity index (χ2v) is 22.2. The van der Waals surface area contributed by atoms with Crippen molar-refractivity contribution in [3.05, 3.63) is 48.6 Å². The van der Waals surface area contributed by atoms with Gasteiger partial charge >= 0.3 is 0 Å². The van der Waals surface area contributed by atoms with Crippen molar-refractivity contribution in [1.82, 2.24) is 5.32 Å². The fourth-order valence-electron chi connectivity index (χ4n) is 10.1. The molecule has 3 N–H and O–H groups in total. The Morgan fingerprint density at radius 3 is 0.817 bits per heavy atom. The monoisotopic (exact) mass is 994 g/mol. The molecule has 0 aliphatic rings. The van der Waals surface area contributed by atoms with Crippen molar-refractivity contribution in [1.29, 1.82) is 0 Å². The standard InChI is InChI=1S/C67H127NO3/c1-3-5-7-9-11-13-15-17-19-21-23-25-26-27-28-29-30-31-32-33-34-35-36-37-38-39-40-41-42-43-45-47-49-51-53-55-57-59-61-63-67(71)68-65(64-69)66(70)62-60-58-56-54-52-50-48-46-44-24-22-20-18-16-14-12-10-8-6-4-2/h21,23,44,46,52,54,60,62,65-66,69-70H,3-20,22,24-43,45,47-51,53,55-59,61,63-64H2,1-2H3,(H,68,71)/b23-21-,46-44+,54-52+,62-60+. The van der Waals surface area contributed by atoms with Crippen molar-refractivity contribution in [2.45, 2.75) is 366 Å². The predicted octanol–water partition coefficient (Wildman–Crippen LogP) is 21.8. The van der Waals surface area contributed by atoms with Crippen LogP contribution in [-0.2, 0) is 4.79 Å². The molecule has 0 aliphatic heterocycles. The number of aliphatic hydroxyl groups excluding tert-OH is 2. The van der Waals surface area contributed by atoms with Crippen molar-refractivity contribution in [2.24, 2.45) is 0 Å². The van der Waals surface area contributed by atoms with Gasteiger partial charge in [0.05, 0.1) is 18.8 Å². The maximum Gasteiger partial charge on any atom is 0.220 e. The van der Waals surface area contributed by atoms with Gasteiger partial charge < -0.3 is 15.5 Å². The molecule has 0 bridgehead atoms. The van der Waals surface area contributed by atoms with Crippen LogP contribution in [0.2, 0.25) is 0 Å². The molecule has 0 rings (SSSR count). The first-order valence-electron chi connectivity index (χ1n) is 32.4. The van der Waals surface area contributed by atoms with Gasteiger partial charge in [0.1, 0.15) is 0 Å². The van der Waals surface area contributed by atoms with Gasteiger partial charge in [-0.05, 0) is 70.6 Å². The Hall–Kier alpha value is -1.65. The van der Waals surface area contributed by atoms with Crippen LogP contribution in [0.1, 0.15) is 354 Å². The highest BCUT2D eigenvalue weighted by Gasteiger charge is 2.18. The third-order valence-corrected chi connectivity index (χ3v) is 15.0. The Bertz CT molecular complexity index is 1130. The van der Waals surface area contributed by atoms with Gasteiger partial charge in [-0.3, -0.25) is 4.79 Å².